The standard InChI is InChI=1S/C17H30O3/c1-6-11-16(2,3)13-17(4,5)12-14(18)9-7-8-10-15(19)20/h6H,1,7-13H2,2-5H3,(H,19,20). The molecule has 3 heteroatoms. The normalized spacial score (nSPS) is 12.2. The summed E-state index contributed by atoms with van der Waals surface area (Å²) in [5.74, 6) is -0.543. The van der Waals surface area contributed by atoms with Crippen molar-refractivity contribution in [3.05, 3.63) is 12.7 Å². The average Bonchev–Trinajstić information content (AvgIpc) is 2.21. The van der Waals surface area contributed by atoms with Gasteiger partial charge in [-0.2, -0.15) is 0 Å². The number of aliphatic carboxylic acids is 1. The van der Waals surface area contributed by atoms with Crippen molar-refractivity contribution in [3.8, 4) is 0 Å². The van der Waals surface area contributed by atoms with Crippen LogP contribution in [-0.2, 0) is 9.59 Å². The van der Waals surface area contributed by atoms with Crippen LogP contribution in [0.5, 0.6) is 0 Å². The fourth-order valence-electron chi connectivity index (χ4n) is 3.04. The second-order valence-corrected chi connectivity index (χ2v) is 7.31. The maximum Gasteiger partial charge on any atom is 0.303 e. The summed E-state index contributed by atoms with van der Waals surface area (Å²) >= 11 is 0. The largest absolute Gasteiger partial charge is 0.481 e. The van der Waals surface area contributed by atoms with Crippen molar-refractivity contribution in [2.24, 2.45) is 10.8 Å². The molecule has 0 aliphatic carbocycles. The topological polar surface area (TPSA) is 54.4 Å². The van der Waals surface area contributed by atoms with E-state index in [1.807, 2.05) is 6.08 Å². The van der Waals surface area contributed by atoms with Gasteiger partial charge in [0.2, 0.25) is 0 Å². The van der Waals surface area contributed by atoms with Gasteiger partial charge in [-0.05, 0) is 36.5 Å². The van der Waals surface area contributed by atoms with Gasteiger partial charge >= 0.3 is 5.97 Å². The molecule has 0 atom stereocenters. The van der Waals surface area contributed by atoms with Gasteiger partial charge < -0.3 is 5.11 Å². The number of carbonyl (C=O) groups is 2. The zero-order valence-electron chi connectivity index (χ0n) is 13.5. The van der Waals surface area contributed by atoms with Crippen molar-refractivity contribution in [1.29, 1.82) is 0 Å². The summed E-state index contributed by atoms with van der Waals surface area (Å²) in [6.45, 7) is 12.5. The molecule has 0 aliphatic heterocycles. The van der Waals surface area contributed by atoms with Gasteiger partial charge in [-0.1, -0.05) is 33.8 Å². The van der Waals surface area contributed by atoms with Crippen LogP contribution in [0.4, 0.5) is 0 Å². The van der Waals surface area contributed by atoms with Crippen molar-refractivity contribution in [3.63, 3.8) is 0 Å². The molecule has 0 aromatic carbocycles. The Morgan fingerprint density at radius 2 is 1.60 bits per heavy atom. The maximum absolute atomic E-state index is 12.0. The minimum atomic E-state index is -0.788. The van der Waals surface area contributed by atoms with Crippen molar-refractivity contribution in [2.45, 2.75) is 72.6 Å². The SMILES string of the molecule is C=CCC(C)(C)CC(C)(C)CC(=O)CCCCC(=O)O. The quantitative estimate of drug-likeness (QED) is 0.445. The molecule has 0 heterocycles. The summed E-state index contributed by atoms with van der Waals surface area (Å²) in [7, 11) is 0. The van der Waals surface area contributed by atoms with Gasteiger partial charge in [0.1, 0.15) is 5.78 Å². The van der Waals surface area contributed by atoms with Crippen LogP contribution in [-0.4, -0.2) is 16.9 Å². The zero-order valence-corrected chi connectivity index (χ0v) is 13.5. The molecule has 1 N–H and O–H groups in total. The number of rotatable bonds is 11. The first-order chi connectivity index (χ1) is 9.08. The molecule has 0 amide bonds. The van der Waals surface area contributed by atoms with Gasteiger partial charge in [0.15, 0.2) is 0 Å². The molecule has 0 aliphatic rings. The minimum absolute atomic E-state index is 0.0175. The molecule has 0 saturated heterocycles. The van der Waals surface area contributed by atoms with E-state index in [9.17, 15) is 9.59 Å². The lowest BCUT2D eigenvalue weighted by molar-refractivity contribution is -0.137. The van der Waals surface area contributed by atoms with Crippen molar-refractivity contribution in [1.82, 2.24) is 0 Å². The molecule has 0 aromatic heterocycles. The van der Waals surface area contributed by atoms with Gasteiger partial charge in [-0.25, -0.2) is 0 Å². The maximum atomic E-state index is 12.0. The predicted molar refractivity (Wildman–Crippen MR) is 82.7 cm³/mol. The number of hydrogen-bond donors (Lipinski definition) is 1. The fourth-order valence-corrected chi connectivity index (χ4v) is 3.04. The lowest BCUT2D eigenvalue weighted by Crippen LogP contribution is -2.25. The second kappa shape index (κ2) is 8.23. The summed E-state index contributed by atoms with van der Waals surface area (Å²) in [6, 6.07) is 0. The highest BCUT2D eigenvalue weighted by molar-refractivity contribution is 5.79. The molecular formula is C17H30O3. The number of carboxylic acid groups (broad SMARTS) is 1. The minimum Gasteiger partial charge on any atom is -0.481 e. The highest BCUT2D eigenvalue weighted by Gasteiger charge is 2.29. The third-order valence-electron chi connectivity index (χ3n) is 3.43. The first-order valence-electron chi connectivity index (χ1n) is 7.42. The first kappa shape index (κ1) is 18.9. The van der Waals surface area contributed by atoms with E-state index in [0.717, 1.165) is 12.8 Å². The Hall–Kier alpha value is -1.12. The highest BCUT2D eigenvalue weighted by atomic mass is 16.4. The van der Waals surface area contributed by atoms with Gasteiger partial charge in [0.25, 0.3) is 0 Å². The van der Waals surface area contributed by atoms with E-state index in [-0.39, 0.29) is 23.0 Å². The van der Waals surface area contributed by atoms with E-state index in [1.165, 1.54) is 0 Å². The molecule has 20 heavy (non-hydrogen) atoms. The van der Waals surface area contributed by atoms with Crippen molar-refractivity contribution < 1.29 is 14.7 Å². The predicted octanol–water partition coefficient (Wildman–Crippen LogP) is 4.61. The summed E-state index contributed by atoms with van der Waals surface area (Å²) in [5.41, 5.74) is 0.144. The number of hydrogen-bond acceptors (Lipinski definition) is 2. The summed E-state index contributed by atoms with van der Waals surface area (Å²) in [5, 5.41) is 8.55. The molecule has 0 unspecified atom stereocenters. The Morgan fingerprint density at radius 1 is 1.05 bits per heavy atom. The van der Waals surface area contributed by atoms with Crippen LogP contribution in [0, 0.1) is 10.8 Å². The van der Waals surface area contributed by atoms with E-state index in [4.69, 9.17) is 5.11 Å². The number of Topliss-reactive ketones (excluding diaryl/α,β-unsaturated/α-hetero) is 1. The molecule has 0 rings (SSSR count). The number of allylic oxidation sites excluding steroid dienone is 1. The van der Waals surface area contributed by atoms with E-state index in [2.05, 4.69) is 34.3 Å². The van der Waals surface area contributed by atoms with Crippen molar-refractivity contribution in [2.75, 3.05) is 0 Å². The molecule has 116 valence electrons. The van der Waals surface area contributed by atoms with Crippen LogP contribution in [0.3, 0.4) is 0 Å². The van der Waals surface area contributed by atoms with E-state index < -0.39 is 5.97 Å². The summed E-state index contributed by atoms with van der Waals surface area (Å²) in [6.07, 6.45) is 6.35. The molecular weight excluding hydrogens is 252 g/mol. The van der Waals surface area contributed by atoms with Crippen LogP contribution < -0.4 is 0 Å². The van der Waals surface area contributed by atoms with E-state index in [0.29, 0.717) is 25.7 Å². The average molecular weight is 282 g/mol. The fraction of sp³-hybridized carbons (Fsp3) is 0.765. The Balaban J connectivity index is 4.15. The third-order valence-corrected chi connectivity index (χ3v) is 3.43. The van der Waals surface area contributed by atoms with Gasteiger partial charge in [0.05, 0.1) is 0 Å². The number of ketones is 1. The van der Waals surface area contributed by atoms with Crippen LogP contribution in [0.25, 0.3) is 0 Å². The van der Waals surface area contributed by atoms with Crippen LogP contribution >= 0.6 is 0 Å². The Morgan fingerprint density at radius 3 is 2.10 bits per heavy atom. The van der Waals surface area contributed by atoms with Crippen LogP contribution in [0.15, 0.2) is 12.7 Å². The number of carbonyl (C=O) groups excluding carboxylic acids is 1. The molecule has 0 saturated carbocycles. The number of unbranched alkanes of at least 4 members (excludes halogenated alkanes) is 1. The van der Waals surface area contributed by atoms with Gasteiger partial charge in [0, 0.05) is 19.3 Å². The van der Waals surface area contributed by atoms with Gasteiger partial charge in [-0.3, -0.25) is 9.59 Å². The lowest BCUT2D eigenvalue weighted by atomic mass is 9.71. The smallest absolute Gasteiger partial charge is 0.303 e. The molecule has 0 bridgehead atoms. The van der Waals surface area contributed by atoms with E-state index >= 15 is 0 Å². The van der Waals surface area contributed by atoms with Crippen LogP contribution in [0.2, 0.25) is 0 Å². The summed E-state index contributed by atoms with van der Waals surface area (Å²) < 4.78 is 0. The zero-order chi connectivity index (χ0) is 15.8. The van der Waals surface area contributed by atoms with Crippen molar-refractivity contribution >= 4 is 11.8 Å². The first-order valence-corrected chi connectivity index (χ1v) is 7.42. The Labute approximate surface area is 123 Å². The Bertz CT molecular complexity index is 340. The Kier molecular flexibility index (Phi) is 7.77. The van der Waals surface area contributed by atoms with Gasteiger partial charge in [-0.15, -0.1) is 6.58 Å². The molecule has 0 aromatic rings. The lowest BCUT2D eigenvalue weighted by Gasteiger charge is -2.34. The molecule has 0 radical (unpaired) electrons. The van der Waals surface area contributed by atoms with E-state index in [1.54, 1.807) is 0 Å². The van der Waals surface area contributed by atoms with Crippen LogP contribution in [0.1, 0.15) is 72.6 Å². The molecule has 3 nitrogen and oxygen atoms in total. The second-order valence-electron chi connectivity index (χ2n) is 7.31. The highest BCUT2D eigenvalue weighted by Crippen LogP contribution is 2.38. The monoisotopic (exact) mass is 282 g/mol. The summed E-state index contributed by atoms with van der Waals surface area (Å²) in [4.78, 5) is 22.4. The molecule has 0 fully saturated rings. The third kappa shape index (κ3) is 9.76. The number of carboxylic acids is 1. The molecule has 0 spiro atoms.